The Hall–Kier alpha value is -6.12. The molecule has 1 aliphatic carbocycles. The maximum Gasteiger partial charge on any atom is 0.412 e. The lowest BCUT2D eigenvalue weighted by atomic mass is 9.62. The van der Waals surface area contributed by atoms with Crippen molar-refractivity contribution in [3.8, 4) is 5.75 Å². The minimum Gasteiger partial charge on any atom is -0.466 e. The van der Waals surface area contributed by atoms with Crippen molar-refractivity contribution >= 4 is 47.8 Å². The number of alkyl carbamates (subject to hydrolysis) is 1. The van der Waals surface area contributed by atoms with Crippen LogP contribution in [0.25, 0.3) is 0 Å². The third-order valence-corrected chi connectivity index (χ3v) is 13.1. The Labute approximate surface area is 461 Å². The third kappa shape index (κ3) is 27.5. The molecule has 20 nitrogen and oxygen atoms in total. The van der Waals surface area contributed by atoms with Crippen molar-refractivity contribution in [2.45, 2.75) is 156 Å². The Morgan fingerprint density at radius 3 is 1.62 bits per heavy atom. The number of unbranched alkanes of at least 4 members (excludes halogenated alkanes) is 6. The van der Waals surface area contributed by atoms with E-state index >= 15 is 0 Å². The van der Waals surface area contributed by atoms with Crippen LogP contribution in [0, 0.1) is 10.8 Å². The van der Waals surface area contributed by atoms with Gasteiger partial charge in [0.25, 0.3) is 0 Å². The number of rotatable bonds is 38. The summed E-state index contributed by atoms with van der Waals surface area (Å²) in [7, 11) is 0. The minimum atomic E-state index is -0.774. The van der Waals surface area contributed by atoms with E-state index in [0.29, 0.717) is 55.9 Å². The predicted octanol–water partition coefficient (Wildman–Crippen LogP) is 7.62. The summed E-state index contributed by atoms with van der Waals surface area (Å²) in [5.41, 5.74) is 0.506. The van der Waals surface area contributed by atoms with E-state index in [9.17, 15) is 38.4 Å². The molecule has 4 unspecified atom stereocenters. The molecule has 2 aromatic carbocycles. The van der Waals surface area contributed by atoms with E-state index in [1.54, 1.807) is 76.2 Å². The first-order valence-electron chi connectivity index (χ1n) is 28.0. The molecule has 1 aliphatic rings. The molecule has 0 spiro atoms. The molecule has 0 radical (unpaired) electrons. The normalized spacial score (nSPS) is 16.4. The average Bonchev–Trinajstić information content (AvgIpc) is 3.40. The molecular formula is C58H89N5O15. The predicted molar refractivity (Wildman–Crippen MR) is 293 cm³/mol. The van der Waals surface area contributed by atoms with Crippen molar-refractivity contribution in [3.05, 3.63) is 65.7 Å². The van der Waals surface area contributed by atoms with Crippen LogP contribution in [0.3, 0.4) is 0 Å². The van der Waals surface area contributed by atoms with Gasteiger partial charge in [-0.25, -0.2) is 9.59 Å². The summed E-state index contributed by atoms with van der Waals surface area (Å²) in [5.74, 6) is -2.14. The lowest BCUT2D eigenvalue weighted by molar-refractivity contribution is -0.152. The highest BCUT2D eigenvalue weighted by atomic mass is 16.6. The summed E-state index contributed by atoms with van der Waals surface area (Å²) in [6, 6.07) is 13.6. The molecule has 0 bridgehead atoms. The van der Waals surface area contributed by atoms with Crippen molar-refractivity contribution in [1.82, 2.24) is 26.2 Å². The Morgan fingerprint density at radius 1 is 0.564 bits per heavy atom. The zero-order valence-corrected chi connectivity index (χ0v) is 47.4. The van der Waals surface area contributed by atoms with Crippen molar-refractivity contribution in [2.75, 3.05) is 78.9 Å². The summed E-state index contributed by atoms with van der Waals surface area (Å²) >= 11 is 0. The first kappa shape index (κ1) is 66.2. The average molecular weight is 1100 g/mol. The number of benzene rings is 2. The van der Waals surface area contributed by atoms with E-state index in [2.05, 4.69) is 46.9 Å². The second-order valence-corrected chi connectivity index (χ2v) is 20.7. The van der Waals surface area contributed by atoms with Crippen LogP contribution in [0.15, 0.2) is 54.6 Å². The maximum absolute atomic E-state index is 13.0. The Balaban J connectivity index is 1.42. The van der Waals surface area contributed by atoms with E-state index in [0.717, 1.165) is 70.9 Å². The van der Waals surface area contributed by atoms with Gasteiger partial charge in [0.1, 0.15) is 31.0 Å². The third-order valence-electron chi connectivity index (χ3n) is 13.1. The van der Waals surface area contributed by atoms with Crippen LogP contribution in [-0.4, -0.2) is 150 Å². The number of ketones is 1. The molecule has 20 heteroatoms. The molecule has 4 N–H and O–H groups in total. The van der Waals surface area contributed by atoms with E-state index in [4.69, 9.17) is 33.2 Å². The van der Waals surface area contributed by atoms with E-state index in [1.807, 2.05) is 6.07 Å². The molecule has 436 valence electrons. The number of carbonyl (C=O) groups excluding carboxylic acids is 8. The van der Waals surface area contributed by atoms with Gasteiger partial charge in [-0.05, 0) is 134 Å². The lowest BCUT2D eigenvalue weighted by Gasteiger charge is -2.46. The number of nitrogens with one attached hydrogen (secondary N) is 4. The van der Waals surface area contributed by atoms with E-state index in [-0.39, 0.29) is 81.6 Å². The standard InChI is InChI=1S/C58H89N5O15/c1-8-72-50(65)37-47(53(68)74-10-3)59-30-19-12-14-21-32-63(33-22-15-13-20-31-60-48(54(69)75-11-4)38-51(66)73-9-2)34-29-49(64)76-35-36-77-55(70)61-42-58(7)40-45(39-57(5,6)41-58)62-56(71)78-46-27-25-44(26-28-46)52(67)43-23-17-16-18-24-43/h16-18,23-28,45,47-48,59-60H,8-15,19-22,29-42H2,1-7H3,(H,61,70)(H,62,71). The molecule has 0 saturated heterocycles. The molecule has 4 atom stereocenters. The van der Waals surface area contributed by atoms with Crippen LogP contribution in [0.1, 0.15) is 154 Å². The van der Waals surface area contributed by atoms with E-state index in [1.165, 1.54) is 0 Å². The van der Waals surface area contributed by atoms with Crippen LogP contribution in [-0.2, 0) is 52.4 Å². The van der Waals surface area contributed by atoms with Crippen LogP contribution in [0.4, 0.5) is 9.59 Å². The first-order chi connectivity index (χ1) is 37.4. The first-order valence-corrected chi connectivity index (χ1v) is 28.0. The van der Waals surface area contributed by atoms with Crippen molar-refractivity contribution in [2.24, 2.45) is 10.8 Å². The van der Waals surface area contributed by atoms with Gasteiger partial charge in [-0.1, -0.05) is 76.8 Å². The molecule has 0 heterocycles. The fraction of sp³-hybridized carbons (Fsp3) is 0.655. The van der Waals surface area contributed by atoms with Crippen molar-refractivity contribution in [1.29, 1.82) is 0 Å². The highest BCUT2D eigenvalue weighted by Crippen LogP contribution is 2.46. The van der Waals surface area contributed by atoms with Gasteiger partial charge in [-0.2, -0.15) is 0 Å². The van der Waals surface area contributed by atoms with Gasteiger partial charge in [0.15, 0.2) is 5.78 Å². The van der Waals surface area contributed by atoms with Crippen molar-refractivity contribution < 1.29 is 71.5 Å². The van der Waals surface area contributed by atoms with Gasteiger partial charge in [0.05, 0.1) is 45.7 Å². The van der Waals surface area contributed by atoms with Gasteiger partial charge in [-0.3, -0.25) is 28.8 Å². The smallest absolute Gasteiger partial charge is 0.412 e. The monoisotopic (exact) mass is 1100 g/mol. The second kappa shape index (κ2) is 36.9. The SMILES string of the molecule is CCOC(=O)CC(NCCCCCCN(CCCCCCNC(CC(=O)OCC)C(=O)OCC)CCC(=O)OCCOC(=O)NCC1(C)CC(NC(=O)Oc2ccc(C(=O)c3ccccc3)cc2)CC(C)(C)C1)C(=O)OCC. The fourth-order valence-electron chi connectivity index (χ4n) is 9.80. The molecule has 0 aliphatic heterocycles. The number of nitrogens with zero attached hydrogens (tertiary/aromatic N) is 1. The number of amides is 2. The summed E-state index contributed by atoms with van der Waals surface area (Å²) < 4.78 is 36.7. The molecule has 2 aromatic rings. The van der Waals surface area contributed by atoms with Crippen LogP contribution < -0.4 is 26.0 Å². The second-order valence-electron chi connectivity index (χ2n) is 20.7. The number of hydrogen-bond acceptors (Lipinski definition) is 18. The van der Waals surface area contributed by atoms with Gasteiger partial charge >= 0.3 is 42.0 Å². The maximum atomic E-state index is 13.0. The Bertz CT molecular complexity index is 2090. The number of hydrogen-bond donors (Lipinski definition) is 4. The summed E-state index contributed by atoms with van der Waals surface area (Å²) in [4.78, 5) is 103. The van der Waals surface area contributed by atoms with Crippen LogP contribution in [0.5, 0.6) is 5.75 Å². The summed E-state index contributed by atoms with van der Waals surface area (Å²) in [6.45, 7) is 17.1. The highest BCUT2D eigenvalue weighted by Gasteiger charge is 2.42. The molecule has 0 aromatic heterocycles. The Morgan fingerprint density at radius 2 is 1.08 bits per heavy atom. The topological polar surface area (TPSA) is 253 Å². The molecule has 3 rings (SSSR count). The summed E-state index contributed by atoms with van der Waals surface area (Å²) in [5, 5.41) is 12.1. The van der Waals surface area contributed by atoms with Gasteiger partial charge in [0.2, 0.25) is 0 Å². The fourth-order valence-corrected chi connectivity index (χ4v) is 9.80. The molecule has 2 amide bonds. The number of carbonyl (C=O) groups is 8. The Kier molecular flexibility index (Phi) is 31.3. The molecular weight excluding hydrogens is 1010 g/mol. The van der Waals surface area contributed by atoms with Crippen molar-refractivity contribution in [3.63, 3.8) is 0 Å². The number of esters is 5. The summed E-state index contributed by atoms with van der Waals surface area (Å²) in [6.07, 6.45) is 7.64. The quantitative estimate of drug-likeness (QED) is 0.0218. The molecule has 1 fully saturated rings. The zero-order chi connectivity index (χ0) is 57.2. The van der Waals surface area contributed by atoms with Crippen LogP contribution in [0.2, 0.25) is 0 Å². The van der Waals surface area contributed by atoms with Gasteiger partial charge in [-0.15, -0.1) is 0 Å². The van der Waals surface area contributed by atoms with Gasteiger partial charge in [0, 0.05) is 30.3 Å². The minimum absolute atomic E-state index is 0.102. The van der Waals surface area contributed by atoms with E-state index < -0.39 is 54.1 Å². The van der Waals surface area contributed by atoms with Crippen LogP contribution >= 0.6 is 0 Å². The lowest BCUT2D eigenvalue weighted by Crippen LogP contribution is -2.51. The molecule has 1 saturated carbocycles. The van der Waals surface area contributed by atoms with Gasteiger partial charge < -0.3 is 59.3 Å². The largest absolute Gasteiger partial charge is 0.466 e. The number of ether oxygens (including phenoxy) is 7. The molecule has 78 heavy (non-hydrogen) atoms. The zero-order valence-electron chi connectivity index (χ0n) is 47.4. The highest BCUT2D eigenvalue weighted by molar-refractivity contribution is 6.09.